The molecule has 0 spiro atoms. The lowest BCUT2D eigenvalue weighted by atomic mass is 10.1. The van der Waals surface area contributed by atoms with Crippen LogP contribution < -0.4 is 32.1 Å². The predicted octanol–water partition coefficient (Wildman–Crippen LogP) is -1.90. The van der Waals surface area contributed by atoms with Crippen molar-refractivity contribution in [3.05, 3.63) is 32.7 Å². The van der Waals surface area contributed by atoms with Gasteiger partial charge in [0.2, 0.25) is 0 Å². The van der Waals surface area contributed by atoms with Gasteiger partial charge in [-0.3, -0.25) is 26.6 Å². The molecular formula is C12H16Br2N8O+2. The Morgan fingerprint density at radius 1 is 1.35 bits per heavy atom. The Morgan fingerprint density at radius 3 is 2.74 bits per heavy atom. The molecule has 23 heavy (non-hydrogen) atoms. The fraction of sp³-hybridized carbons (Fsp3) is 0.250. The number of aromatic nitrogens is 3. The van der Waals surface area contributed by atoms with Crippen LogP contribution in [0.3, 0.4) is 0 Å². The average Bonchev–Trinajstić information content (AvgIpc) is 3.17. The highest BCUT2D eigenvalue weighted by Gasteiger charge is 2.36. The summed E-state index contributed by atoms with van der Waals surface area (Å²) in [4.78, 5) is 24.1. The second-order valence-electron chi connectivity index (χ2n) is 5.12. The molecule has 122 valence electrons. The first-order valence-electron chi connectivity index (χ1n) is 6.78. The largest absolute Gasteiger partial charge is 0.350 e. The van der Waals surface area contributed by atoms with Crippen LogP contribution in [0.1, 0.15) is 22.2 Å². The molecule has 1 amide bonds. The Morgan fingerprint density at radius 2 is 2.13 bits per heavy atom. The van der Waals surface area contributed by atoms with Crippen molar-refractivity contribution in [2.24, 2.45) is 5.73 Å². The van der Waals surface area contributed by atoms with Gasteiger partial charge in [-0.15, -0.1) is 0 Å². The van der Waals surface area contributed by atoms with Gasteiger partial charge in [0.05, 0.1) is 15.6 Å². The Labute approximate surface area is 148 Å². The highest BCUT2D eigenvalue weighted by molar-refractivity contribution is 9.13. The van der Waals surface area contributed by atoms with E-state index >= 15 is 0 Å². The maximum atomic E-state index is 12.2. The molecule has 0 bridgehead atoms. The van der Waals surface area contributed by atoms with E-state index in [1.165, 1.54) is 0 Å². The third-order valence-electron chi connectivity index (χ3n) is 3.50. The Hall–Kier alpha value is -2.01. The first-order chi connectivity index (χ1) is 10.9. The van der Waals surface area contributed by atoms with Crippen LogP contribution in [-0.2, 0) is 0 Å². The first-order valence-corrected chi connectivity index (χ1v) is 8.36. The van der Waals surface area contributed by atoms with Crippen LogP contribution in [0.2, 0.25) is 0 Å². The average molecular weight is 448 g/mol. The molecule has 9 nitrogen and oxygen atoms in total. The van der Waals surface area contributed by atoms with Gasteiger partial charge in [-0.05, 0) is 37.9 Å². The van der Waals surface area contributed by atoms with E-state index < -0.39 is 0 Å². The van der Waals surface area contributed by atoms with Crippen molar-refractivity contribution in [1.29, 1.82) is 0 Å². The molecule has 3 rings (SSSR count). The van der Waals surface area contributed by atoms with Crippen molar-refractivity contribution in [2.75, 3.05) is 12.3 Å². The van der Waals surface area contributed by atoms with Crippen molar-refractivity contribution >= 4 is 49.7 Å². The van der Waals surface area contributed by atoms with Crippen LogP contribution in [-0.4, -0.2) is 34.4 Å². The number of halogens is 2. The van der Waals surface area contributed by atoms with Gasteiger partial charge >= 0.3 is 11.9 Å². The number of hydrogen-bond donors (Lipinski definition) is 7. The van der Waals surface area contributed by atoms with Crippen molar-refractivity contribution in [1.82, 2.24) is 20.6 Å². The number of carbonyl (C=O) groups is 1. The van der Waals surface area contributed by atoms with Crippen molar-refractivity contribution in [3.8, 4) is 0 Å². The topological polar surface area (TPSA) is 153 Å². The molecular weight excluding hydrogens is 432 g/mol. The van der Waals surface area contributed by atoms with E-state index in [9.17, 15) is 4.79 Å². The second kappa shape index (κ2) is 6.24. The van der Waals surface area contributed by atoms with Gasteiger partial charge in [0.15, 0.2) is 6.04 Å². The van der Waals surface area contributed by atoms with Crippen LogP contribution in [0.25, 0.3) is 0 Å². The number of amides is 1. The van der Waals surface area contributed by atoms with Crippen LogP contribution in [0.15, 0.2) is 21.3 Å². The molecule has 0 aromatic carbocycles. The van der Waals surface area contributed by atoms with Gasteiger partial charge in [0, 0.05) is 0 Å². The van der Waals surface area contributed by atoms with Crippen LogP contribution in [0.4, 0.5) is 5.95 Å². The van der Waals surface area contributed by atoms with Crippen molar-refractivity contribution in [2.45, 2.75) is 12.1 Å². The van der Waals surface area contributed by atoms with E-state index in [-0.39, 0.29) is 18.0 Å². The molecule has 0 saturated heterocycles. The zero-order chi connectivity index (χ0) is 16.6. The van der Waals surface area contributed by atoms with Gasteiger partial charge in [-0.25, -0.2) is 9.97 Å². The molecule has 0 saturated carbocycles. The minimum absolute atomic E-state index is 0.118. The summed E-state index contributed by atoms with van der Waals surface area (Å²) in [7, 11) is 0. The molecule has 1 aliphatic heterocycles. The molecule has 10 N–H and O–H groups in total. The molecule has 0 fully saturated rings. The summed E-state index contributed by atoms with van der Waals surface area (Å²) in [5.74, 6) is 0.698. The van der Waals surface area contributed by atoms with E-state index in [4.69, 9.17) is 11.5 Å². The van der Waals surface area contributed by atoms with Crippen molar-refractivity contribution < 1.29 is 14.8 Å². The Balaban J connectivity index is 1.66. The van der Waals surface area contributed by atoms with E-state index in [1.54, 1.807) is 12.3 Å². The summed E-state index contributed by atoms with van der Waals surface area (Å²) >= 11 is 6.64. The molecule has 0 radical (unpaired) electrons. The normalized spacial score (nSPS) is 20.2. The molecule has 3 heterocycles. The van der Waals surface area contributed by atoms with Gasteiger partial charge in [0.25, 0.3) is 5.91 Å². The highest BCUT2D eigenvalue weighted by Crippen LogP contribution is 2.23. The molecule has 2 aromatic heterocycles. The first kappa shape index (κ1) is 15.9. The molecule has 2 atom stereocenters. The number of aromatic amines is 3. The fourth-order valence-electron chi connectivity index (χ4n) is 2.43. The summed E-state index contributed by atoms with van der Waals surface area (Å²) in [5.41, 5.74) is 12.8. The fourth-order valence-corrected chi connectivity index (χ4v) is 3.09. The summed E-state index contributed by atoms with van der Waals surface area (Å²) in [5, 5.41) is 5.97. The monoisotopic (exact) mass is 446 g/mol. The summed E-state index contributed by atoms with van der Waals surface area (Å²) in [6.45, 7) is 0.379. The lowest BCUT2D eigenvalue weighted by molar-refractivity contribution is -0.504. The van der Waals surface area contributed by atoms with Gasteiger partial charge in [-0.2, -0.15) is 0 Å². The van der Waals surface area contributed by atoms with Crippen LogP contribution in [0.5, 0.6) is 0 Å². The zero-order valence-corrected chi connectivity index (χ0v) is 15.0. The number of guanidine groups is 1. The number of rotatable bonds is 4. The van der Waals surface area contributed by atoms with E-state index in [0.29, 0.717) is 24.1 Å². The van der Waals surface area contributed by atoms with Gasteiger partial charge in [-0.1, -0.05) is 0 Å². The maximum Gasteiger partial charge on any atom is 0.350 e. The lowest BCUT2D eigenvalue weighted by Crippen LogP contribution is -2.75. The number of H-pyrrole nitrogens is 3. The predicted molar refractivity (Wildman–Crippen MR) is 90.1 cm³/mol. The Bertz CT molecular complexity index is 747. The molecule has 1 aliphatic rings. The van der Waals surface area contributed by atoms with E-state index in [0.717, 1.165) is 14.8 Å². The third-order valence-corrected chi connectivity index (χ3v) is 5.29. The number of nitrogens with two attached hydrogens (primary N) is 2. The molecule has 2 aromatic rings. The number of anilines is 1. The Kier molecular flexibility index (Phi) is 4.31. The quantitative estimate of drug-likeness (QED) is 0.292. The van der Waals surface area contributed by atoms with E-state index in [2.05, 4.69) is 62.4 Å². The number of imidazole rings is 1. The third kappa shape index (κ3) is 3.34. The maximum absolute atomic E-state index is 12.2. The molecule has 0 unspecified atom stereocenters. The van der Waals surface area contributed by atoms with Gasteiger partial charge < -0.3 is 10.3 Å². The number of nitrogens with one attached hydrogen (secondary N) is 6. The van der Waals surface area contributed by atoms with Crippen LogP contribution in [0, 0.1) is 0 Å². The number of nitrogen functional groups attached to an aromatic ring is 1. The number of hydrogen-bond acceptors (Lipinski definition) is 4. The summed E-state index contributed by atoms with van der Waals surface area (Å²) in [6, 6.07) is 1.46. The minimum atomic E-state index is -0.208. The summed E-state index contributed by atoms with van der Waals surface area (Å²) in [6.07, 6.45) is 1.77. The standard InChI is InChI=1S/C12H14Br2N8O/c13-4-1-5(19-9(4)14)10(23)17-2-6-8(22-12(16)21-6)7-3-18-11(15)20-7/h1,3,6,8,19H,2H2,(H,17,23)(H3,15,18,20)(H3,16,21,22)/p+2/t6-,8+/m1/s1. The van der Waals surface area contributed by atoms with Crippen molar-refractivity contribution in [3.63, 3.8) is 0 Å². The molecule has 0 aliphatic carbocycles. The summed E-state index contributed by atoms with van der Waals surface area (Å²) < 4.78 is 1.51. The molecule has 11 heteroatoms. The minimum Gasteiger partial charge on any atom is -0.347 e. The number of carbonyl (C=O) groups excluding carboxylic acids is 1. The lowest BCUT2D eigenvalue weighted by Gasteiger charge is -2.13. The SMILES string of the molecule is NC1=[NH+][C@H](c2c[nH+]c(N)[nH]2)[C@@H](CNC(=O)c2cc(Br)c(Br)[nH]2)N1. The second-order valence-corrected chi connectivity index (χ2v) is 6.77. The van der Waals surface area contributed by atoms with E-state index in [1.807, 2.05) is 0 Å². The zero-order valence-electron chi connectivity index (χ0n) is 11.8. The van der Waals surface area contributed by atoms with Crippen LogP contribution >= 0.6 is 31.9 Å². The smallest absolute Gasteiger partial charge is 0.347 e. The highest BCUT2D eigenvalue weighted by atomic mass is 79.9. The van der Waals surface area contributed by atoms with Gasteiger partial charge in [0.1, 0.15) is 23.6 Å².